The maximum Gasteiger partial charge on any atom is 0.270 e. The smallest absolute Gasteiger partial charge is 0.270 e. The van der Waals surface area contributed by atoms with E-state index in [4.69, 9.17) is 0 Å². The van der Waals surface area contributed by atoms with E-state index in [0.717, 1.165) is 12.4 Å². The maximum atomic E-state index is 12.3. The van der Waals surface area contributed by atoms with Gasteiger partial charge in [-0.2, -0.15) is 0 Å². The number of hydrogen-bond donors (Lipinski definition) is 1. The number of carbonyl (C=O) groups excluding carboxylic acids is 1. The lowest BCUT2D eigenvalue weighted by Gasteiger charge is -2.22. The first-order chi connectivity index (χ1) is 10.7. The molecule has 1 N–H and O–H groups in total. The molecule has 5 heteroatoms. The topological polar surface area (TPSA) is 58.1 Å². The Bertz CT molecular complexity index is 677. The van der Waals surface area contributed by atoms with E-state index in [9.17, 15) is 4.79 Å². The molecule has 0 unspecified atom stereocenters. The number of carbonyl (C=O) groups is 1. The highest BCUT2D eigenvalue weighted by atomic mass is 16.2. The average molecular weight is 312 g/mol. The molecule has 0 aliphatic carbocycles. The standard InChI is InChI=1S/C18H24N4O/c1-13-19-15(17(23)21-18(2,3)4)11-16(20-13)22(5)12-14-9-7-6-8-10-14/h6-11H,12H2,1-5H3,(H,21,23). The van der Waals surface area contributed by atoms with Gasteiger partial charge in [0.15, 0.2) is 0 Å². The van der Waals surface area contributed by atoms with Crippen molar-refractivity contribution in [2.45, 2.75) is 39.8 Å². The van der Waals surface area contributed by atoms with Gasteiger partial charge in [0.2, 0.25) is 0 Å². The van der Waals surface area contributed by atoms with Gasteiger partial charge in [0.1, 0.15) is 17.3 Å². The van der Waals surface area contributed by atoms with Crippen molar-refractivity contribution in [2.24, 2.45) is 0 Å². The molecule has 0 bridgehead atoms. The van der Waals surface area contributed by atoms with Crippen LogP contribution in [0.4, 0.5) is 5.82 Å². The third-order valence-corrected chi connectivity index (χ3v) is 3.20. The second-order valence-electron chi connectivity index (χ2n) is 6.70. The summed E-state index contributed by atoms with van der Waals surface area (Å²) in [5.41, 5.74) is 1.28. The molecule has 23 heavy (non-hydrogen) atoms. The van der Waals surface area contributed by atoms with Gasteiger partial charge in [0.05, 0.1) is 0 Å². The molecule has 5 nitrogen and oxygen atoms in total. The number of nitrogens with zero attached hydrogens (tertiary/aromatic N) is 3. The molecule has 1 amide bonds. The fourth-order valence-electron chi connectivity index (χ4n) is 2.21. The molecule has 0 saturated carbocycles. The van der Waals surface area contributed by atoms with E-state index in [1.807, 2.05) is 50.9 Å². The minimum absolute atomic E-state index is 0.183. The SMILES string of the molecule is Cc1nc(C(=O)NC(C)(C)C)cc(N(C)Cc2ccccc2)n1. The molecule has 2 rings (SSSR count). The monoisotopic (exact) mass is 312 g/mol. The van der Waals surface area contributed by atoms with Crippen LogP contribution in [-0.4, -0.2) is 28.5 Å². The first-order valence-electron chi connectivity index (χ1n) is 7.68. The Balaban J connectivity index is 2.21. The first kappa shape index (κ1) is 16.9. The highest BCUT2D eigenvalue weighted by Gasteiger charge is 2.18. The fraction of sp³-hybridized carbons (Fsp3) is 0.389. The lowest BCUT2D eigenvalue weighted by molar-refractivity contribution is 0.0914. The van der Waals surface area contributed by atoms with Crippen molar-refractivity contribution in [2.75, 3.05) is 11.9 Å². The average Bonchev–Trinajstić information content (AvgIpc) is 2.46. The molecule has 0 fully saturated rings. The minimum atomic E-state index is -0.300. The predicted octanol–water partition coefficient (Wildman–Crippen LogP) is 2.95. The van der Waals surface area contributed by atoms with Gasteiger partial charge in [0.25, 0.3) is 5.91 Å². The van der Waals surface area contributed by atoms with Crippen molar-refractivity contribution < 1.29 is 4.79 Å². The van der Waals surface area contributed by atoms with Gasteiger partial charge >= 0.3 is 0 Å². The first-order valence-corrected chi connectivity index (χ1v) is 7.68. The lowest BCUT2D eigenvalue weighted by Crippen LogP contribution is -2.41. The van der Waals surface area contributed by atoms with Crippen LogP contribution in [0.5, 0.6) is 0 Å². The van der Waals surface area contributed by atoms with Gasteiger partial charge in [-0.25, -0.2) is 9.97 Å². The zero-order chi connectivity index (χ0) is 17.0. The third-order valence-electron chi connectivity index (χ3n) is 3.20. The van der Waals surface area contributed by atoms with Gasteiger partial charge in [-0.05, 0) is 33.3 Å². The van der Waals surface area contributed by atoms with Crippen LogP contribution in [0.15, 0.2) is 36.4 Å². The quantitative estimate of drug-likeness (QED) is 0.943. The Labute approximate surface area is 137 Å². The van der Waals surface area contributed by atoms with Crippen LogP contribution in [0.1, 0.15) is 42.6 Å². The molecule has 0 saturated heterocycles. The van der Waals surface area contributed by atoms with Crippen molar-refractivity contribution in [3.63, 3.8) is 0 Å². The van der Waals surface area contributed by atoms with Crippen molar-refractivity contribution in [1.82, 2.24) is 15.3 Å². The van der Waals surface area contributed by atoms with Crippen LogP contribution in [0, 0.1) is 6.92 Å². The van der Waals surface area contributed by atoms with Crippen LogP contribution in [0.2, 0.25) is 0 Å². The second-order valence-corrected chi connectivity index (χ2v) is 6.70. The van der Waals surface area contributed by atoms with E-state index in [0.29, 0.717) is 11.5 Å². The van der Waals surface area contributed by atoms with E-state index in [-0.39, 0.29) is 11.4 Å². The maximum absolute atomic E-state index is 12.3. The number of rotatable bonds is 4. The Hall–Kier alpha value is -2.43. The molecule has 1 aromatic carbocycles. The van der Waals surface area contributed by atoms with Crippen LogP contribution < -0.4 is 10.2 Å². The molecule has 1 aromatic heterocycles. The summed E-state index contributed by atoms with van der Waals surface area (Å²) in [7, 11) is 1.96. The Morgan fingerprint density at radius 2 is 1.83 bits per heavy atom. The fourth-order valence-corrected chi connectivity index (χ4v) is 2.21. The number of hydrogen-bond acceptors (Lipinski definition) is 4. The molecule has 122 valence electrons. The number of anilines is 1. The Morgan fingerprint density at radius 1 is 1.17 bits per heavy atom. The van der Waals surface area contributed by atoms with E-state index in [1.165, 1.54) is 5.56 Å². The van der Waals surface area contributed by atoms with Crippen molar-refractivity contribution >= 4 is 11.7 Å². The van der Waals surface area contributed by atoms with Crippen LogP contribution in [0.3, 0.4) is 0 Å². The zero-order valence-corrected chi connectivity index (χ0v) is 14.4. The van der Waals surface area contributed by atoms with E-state index in [2.05, 4.69) is 27.4 Å². The normalized spacial score (nSPS) is 11.2. The highest BCUT2D eigenvalue weighted by Crippen LogP contribution is 2.15. The van der Waals surface area contributed by atoms with Crippen LogP contribution in [0.25, 0.3) is 0 Å². The summed E-state index contributed by atoms with van der Waals surface area (Å²) in [5, 5.41) is 2.93. The highest BCUT2D eigenvalue weighted by molar-refractivity contribution is 5.93. The van der Waals surface area contributed by atoms with Crippen LogP contribution >= 0.6 is 0 Å². The van der Waals surface area contributed by atoms with Crippen LogP contribution in [-0.2, 0) is 6.54 Å². The molecule has 1 heterocycles. The Morgan fingerprint density at radius 3 is 2.43 bits per heavy atom. The van der Waals surface area contributed by atoms with Crippen molar-refractivity contribution in [3.8, 4) is 0 Å². The summed E-state index contributed by atoms with van der Waals surface area (Å²) in [5.74, 6) is 1.14. The van der Waals surface area contributed by atoms with Gasteiger partial charge in [-0.3, -0.25) is 4.79 Å². The molecule has 2 aromatic rings. The molecular weight excluding hydrogens is 288 g/mol. The van der Waals surface area contributed by atoms with Gasteiger partial charge < -0.3 is 10.2 Å². The summed E-state index contributed by atoms with van der Waals surface area (Å²) >= 11 is 0. The van der Waals surface area contributed by atoms with E-state index >= 15 is 0 Å². The number of amides is 1. The van der Waals surface area contributed by atoms with Gasteiger partial charge in [-0.15, -0.1) is 0 Å². The summed E-state index contributed by atoms with van der Waals surface area (Å²) in [6, 6.07) is 11.9. The predicted molar refractivity (Wildman–Crippen MR) is 92.5 cm³/mol. The number of benzene rings is 1. The lowest BCUT2D eigenvalue weighted by atomic mass is 10.1. The zero-order valence-electron chi connectivity index (χ0n) is 14.4. The summed E-state index contributed by atoms with van der Waals surface area (Å²) < 4.78 is 0. The van der Waals surface area contributed by atoms with Crippen molar-refractivity contribution in [3.05, 3.63) is 53.5 Å². The summed E-state index contributed by atoms with van der Waals surface area (Å²) in [6.45, 7) is 8.36. The van der Waals surface area contributed by atoms with Gasteiger partial charge in [0, 0.05) is 25.2 Å². The van der Waals surface area contributed by atoms with E-state index in [1.54, 1.807) is 13.0 Å². The Kier molecular flexibility index (Phi) is 4.98. The third kappa shape index (κ3) is 5.06. The van der Waals surface area contributed by atoms with Gasteiger partial charge in [-0.1, -0.05) is 30.3 Å². The number of aromatic nitrogens is 2. The number of aryl methyl sites for hydroxylation is 1. The van der Waals surface area contributed by atoms with E-state index < -0.39 is 0 Å². The summed E-state index contributed by atoms with van der Waals surface area (Å²) in [4.78, 5) is 23.0. The molecule has 0 atom stereocenters. The molecule has 0 aliphatic heterocycles. The second kappa shape index (κ2) is 6.77. The number of nitrogens with one attached hydrogen (secondary N) is 1. The summed E-state index contributed by atoms with van der Waals surface area (Å²) in [6.07, 6.45) is 0. The van der Waals surface area contributed by atoms with Crippen molar-refractivity contribution in [1.29, 1.82) is 0 Å². The molecule has 0 radical (unpaired) electrons. The minimum Gasteiger partial charge on any atom is -0.355 e. The molecule has 0 aliphatic rings. The largest absolute Gasteiger partial charge is 0.355 e. The molecule has 0 spiro atoms. The molecular formula is C18H24N4O.